The highest BCUT2D eigenvalue weighted by Crippen LogP contribution is 2.32. The summed E-state index contributed by atoms with van der Waals surface area (Å²) in [6.45, 7) is 6.13. The summed E-state index contributed by atoms with van der Waals surface area (Å²) in [6, 6.07) is 8.23. The van der Waals surface area contributed by atoms with Crippen LogP contribution in [0.1, 0.15) is 16.8 Å². The molecule has 0 saturated heterocycles. The average Bonchev–Trinajstić information content (AvgIpc) is 2.43. The second-order valence-corrected chi connectivity index (χ2v) is 5.76. The Morgan fingerprint density at radius 1 is 1.10 bits per heavy atom. The van der Waals surface area contributed by atoms with Crippen molar-refractivity contribution in [2.45, 2.75) is 20.8 Å². The lowest BCUT2D eigenvalue weighted by molar-refractivity contribution is 0.411. The predicted molar refractivity (Wildman–Crippen MR) is 87.2 cm³/mol. The van der Waals surface area contributed by atoms with E-state index in [0.717, 1.165) is 38.5 Å². The number of pyridine rings is 1. The van der Waals surface area contributed by atoms with E-state index in [1.165, 1.54) is 0 Å². The van der Waals surface area contributed by atoms with Gasteiger partial charge in [0.05, 0.1) is 12.8 Å². The smallest absolute Gasteiger partial charge is 0.133 e. The van der Waals surface area contributed by atoms with Crippen LogP contribution in [0, 0.1) is 20.8 Å². The number of benzene rings is 1. The Hall–Kier alpha value is -1.55. The van der Waals surface area contributed by atoms with E-state index >= 15 is 0 Å². The number of aryl methyl sites for hydroxylation is 3. The van der Waals surface area contributed by atoms with E-state index < -0.39 is 0 Å². The molecule has 2 rings (SSSR count). The third kappa shape index (κ3) is 2.80. The molecule has 1 heterocycles. The molecule has 4 heteroatoms. The Balaban J connectivity index is 2.45. The quantitative estimate of drug-likeness (QED) is 0.823. The molecular weight excluding hydrogens is 316 g/mol. The SMILES string of the molecule is COc1cc(C)c(N(C)c2ccc(Br)c(C)n2)cc1C. The fourth-order valence-corrected chi connectivity index (χ4v) is 2.42. The Bertz CT molecular complexity index is 641. The number of aromatic nitrogens is 1. The van der Waals surface area contributed by atoms with Crippen molar-refractivity contribution >= 4 is 27.4 Å². The van der Waals surface area contributed by atoms with Gasteiger partial charge in [-0.25, -0.2) is 4.98 Å². The maximum absolute atomic E-state index is 5.36. The lowest BCUT2D eigenvalue weighted by atomic mass is 10.1. The second kappa shape index (κ2) is 5.83. The molecule has 20 heavy (non-hydrogen) atoms. The van der Waals surface area contributed by atoms with E-state index in [9.17, 15) is 0 Å². The standard InChI is InChI=1S/C16H19BrN2O/c1-10-9-15(20-5)11(2)8-14(10)19(4)16-7-6-13(17)12(3)18-16/h6-9H,1-5H3. The maximum Gasteiger partial charge on any atom is 0.133 e. The first-order chi connectivity index (χ1) is 9.43. The van der Waals surface area contributed by atoms with Gasteiger partial charge < -0.3 is 9.64 Å². The zero-order chi connectivity index (χ0) is 14.9. The minimum atomic E-state index is 0.916. The van der Waals surface area contributed by atoms with Crippen molar-refractivity contribution in [3.8, 4) is 5.75 Å². The van der Waals surface area contributed by atoms with Gasteiger partial charge in [0.25, 0.3) is 0 Å². The van der Waals surface area contributed by atoms with Gasteiger partial charge in [0, 0.05) is 17.2 Å². The fourth-order valence-electron chi connectivity index (χ4n) is 2.20. The molecule has 0 bridgehead atoms. The van der Waals surface area contributed by atoms with Crippen LogP contribution in [0.15, 0.2) is 28.7 Å². The summed E-state index contributed by atoms with van der Waals surface area (Å²) in [7, 11) is 3.73. The van der Waals surface area contributed by atoms with E-state index in [1.807, 2.05) is 26.1 Å². The average molecular weight is 335 g/mol. The number of hydrogen-bond acceptors (Lipinski definition) is 3. The number of anilines is 2. The third-order valence-electron chi connectivity index (χ3n) is 3.43. The van der Waals surface area contributed by atoms with Gasteiger partial charge >= 0.3 is 0 Å². The van der Waals surface area contributed by atoms with Gasteiger partial charge in [-0.2, -0.15) is 0 Å². The first kappa shape index (κ1) is 14.9. The van der Waals surface area contributed by atoms with Gasteiger partial charge in [0.1, 0.15) is 11.6 Å². The van der Waals surface area contributed by atoms with Crippen LogP contribution in [0.5, 0.6) is 5.75 Å². The van der Waals surface area contributed by atoms with Crippen LogP contribution in [-0.2, 0) is 0 Å². The molecule has 0 saturated carbocycles. The van der Waals surface area contributed by atoms with Gasteiger partial charge in [-0.15, -0.1) is 0 Å². The van der Waals surface area contributed by atoms with Crippen molar-refractivity contribution in [2.24, 2.45) is 0 Å². The maximum atomic E-state index is 5.36. The molecule has 0 atom stereocenters. The molecule has 0 radical (unpaired) electrons. The molecule has 1 aromatic heterocycles. The van der Waals surface area contributed by atoms with Crippen LogP contribution < -0.4 is 9.64 Å². The van der Waals surface area contributed by atoms with Crippen LogP contribution in [0.3, 0.4) is 0 Å². The monoisotopic (exact) mass is 334 g/mol. The zero-order valence-corrected chi connectivity index (χ0v) is 14.1. The largest absolute Gasteiger partial charge is 0.496 e. The molecule has 0 N–H and O–H groups in total. The summed E-state index contributed by atoms with van der Waals surface area (Å²) in [5.74, 6) is 1.85. The normalized spacial score (nSPS) is 10.5. The molecule has 0 spiro atoms. The second-order valence-electron chi connectivity index (χ2n) is 4.90. The Morgan fingerprint density at radius 2 is 1.80 bits per heavy atom. The number of rotatable bonds is 3. The molecular formula is C16H19BrN2O. The van der Waals surface area contributed by atoms with E-state index in [-0.39, 0.29) is 0 Å². The molecule has 0 fully saturated rings. The molecule has 0 aliphatic rings. The summed E-state index contributed by atoms with van der Waals surface area (Å²) < 4.78 is 6.39. The topological polar surface area (TPSA) is 25.4 Å². The lowest BCUT2D eigenvalue weighted by Crippen LogP contribution is -2.13. The van der Waals surface area contributed by atoms with Crippen molar-refractivity contribution in [2.75, 3.05) is 19.1 Å². The minimum Gasteiger partial charge on any atom is -0.496 e. The number of ether oxygens (including phenoxy) is 1. The highest BCUT2D eigenvalue weighted by Gasteiger charge is 2.12. The van der Waals surface area contributed by atoms with Crippen molar-refractivity contribution in [3.05, 3.63) is 45.6 Å². The summed E-state index contributed by atoms with van der Waals surface area (Å²) in [6.07, 6.45) is 0. The van der Waals surface area contributed by atoms with Crippen LogP contribution in [0.4, 0.5) is 11.5 Å². The van der Waals surface area contributed by atoms with E-state index in [1.54, 1.807) is 7.11 Å². The Labute approximate surface area is 128 Å². The Morgan fingerprint density at radius 3 is 2.40 bits per heavy atom. The summed E-state index contributed by atoms with van der Waals surface area (Å²) in [5.41, 5.74) is 4.40. The van der Waals surface area contributed by atoms with Crippen LogP contribution in [0.2, 0.25) is 0 Å². The molecule has 2 aromatic rings. The number of halogens is 1. The number of hydrogen-bond donors (Lipinski definition) is 0. The van der Waals surface area contributed by atoms with Gasteiger partial charge in [0.2, 0.25) is 0 Å². The summed E-state index contributed by atoms with van der Waals surface area (Å²) in [5, 5.41) is 0. The summed E-state index contributed by atoms with van der Waals surface area (Å²) >= 11 is 3.48. The van der Waals surface area contributed by atoms with Crippen molar-refractivity contribution in [1.82, 2.24) is 4.98 Å². The molecule has 0 unspecified atom stereocenters. The van der Waals surface area contributed by atoms with Crippen molar-refractivity contribution in [1.29, 1.82) is 0 Å². The highest BCUT2D eigenvalue weighted by molar-refractivity contribution is 9.10. The van der Waals surface area contributed by atoms with Gasteiger partial charge in [0.15, 0.2) is 0 Å². The van der Waals surface area contributed by atoms with E-state index in [2.05, 4.69) is 51.8 Å². The number of methoxy groups -OCH3 is 1. The predicted octanol–water partition coefficient (Wildman–Crippen LogP) is 4.55. The first-order valence-electron chi connectivity index (χ1n) is 6.46. The van der Waals surface area contributed by atoms with Crippen LogP contribution in [-0.4, -0.2) is 19.1 Å². The van der Waals surface area contributed by atoms with Gasteiger partial charge in [-0.3, -0.25) is 0 Å². The highest BCUT2D eigenvalue weighted by atomic mass is 79.9. The van der Waals surface area contributed by atoms with Crippen LogP contribution >= 0.6 is 15.9 Å². The first-order valence-corrected chi connectivity index (χ1v) is 7.25. The molecule has 106 valence electrons. The Kier molecular flexibility index (Phi) is 4.33. The zero-order valence-electron chi connectivity index (χ0n) is 12.5. The summed E-state index contributed by atoms with van der Waals surface area (Å²) in [4.78, 5) is 6.71. The van der Waals surface area contributed by atoms with Gasteiger partial charge in [-0.05, 0) is 72.1 Å². The molecule has 1 aromatic carbocycles. The van der Waals surface area contributed by atoms with E-state index in [0.29, 0.717) is 0 Å². The molecule has 0 amide bonds. The minimum absolute atomic E-state index is 0.916. The number of nitrogens with zero attached hydrogens (tertiary/aromatic N) is 2. The van der Waals surface area contributed by atoms with Crippen molar-refractivity contribution in [3.63, 3.8) is 0 Å². The fraction of sp³-hybridized carbons (Fsp3) is 0.312. The van der Waals surface area contributed by atoms with E-state index in [4.69, 9.17) is 4.74 Å². The van der Waals surface area contributed by atoms with Crippen molar-refractivity contribution < 1.29 is 4.74 Å². The third-order valence-corrected chi connectivity index (χ3v) is 4.26. The van der Waals surface area contributed by atoms with Crippen LogP contribution in [0.25, 0.3) is 0 Å². The van der Waals surface area contributed by atoms with Gasteiger partial charge in [-0.1, -0.05) is 0 Å². The molecule has 0 aliphatic carbocycles. The molecule has 0 aliphatic heterocycles. The lowest BCUT2D eigenvalue weighted by Gasteiger charge is -2.22. The molecule has 3 nitrogen and oxygen atoms in total.